The second kappa shape index (κ2) is 3.96. The molecule has 0 saturated heterocycles. The van der Waals surface area contributed by atoms with Gasteiger partial charge in [0, 0.05) is 18.3 Å². The van der Waals surface area contributed by atoms with Crippen LogP contribution in [0.25, 0.3) is 0 Å². The van der Waals surface area contributed by atoms with Crippen LogP contribution < -0.4 is 11.1 Å². The summed E-state index contributed by atoms with van der Waals surface area (Å²) in [5, 5.41) is 3.35. The zero-order valence-corrected chi connectivity index (χ0v) is 8.53. The van der Waals surface area contributed by atoms with Crippen molar-refractivity contribution in [3.8, 4) is 0 Å². The first kappa shape index (κ1) is 9.46. The molecule has 3 heteroatoms. The molecule has 1 saturated carbocycles. The van der Waals surface area contributed by atoms with E-state index in [2.05, 4.69) is 23.3 Å². The van der Waals surface area contributed by atoms with Crippen LogP contribution in [0.4, 0.5) is 5.82 Å². The summed E-state index contributed by atoms with van der Waals surface area (Å²) in [7, 11) is 0. The van der Waals surface area contributed by atoms with E-state index in [4.69, 9.17) is 5.73 Å². The molecule has 2 rings (SSSR count). The van der Waals surface area contributed by atoms with Crippen molar-refractivity contribution >= 4 is 5.82 Å². The lowest BCUT2D eigenvalue weighted by Crippen LogP contribution is -2.09. The number of nitrogens with one attached hydrogen (secondary N) is 1. The molecule has 1 unspecified atom stereocenters. The highest BCUT2D eigenvalue weighted by atomic mass is 15.0. The van der Waals surface area contributed by atoms with Crippen molar-refractivity contribution in [2.24, 2.45) is 5.73 Å². The third-order valence-corrected chi connectivity index (χ3v) is 2.58. The van der Waals surface area contributed by atoms with Crippen LogP contribution in [0.3, 0.4) is 0 Å². The molecular weight excluding hydrogens is 174 g/mol. The summed E-state index contributed by atoms with van der Waals surface area (Å²) in [5.41, 5.74) is 7.02. The van der Waals surface area contributed by atoms with Gasteiger partial charge in [-0.2, -0.15) is 0 Å². The Bertz CT molecular complexity index is 290. The second-order valence-corrected chi connectivity index (χ2v) is 3.91. The predicted octanol–water partition coefficient (Wildman–Crippen LogP) is 2.07. The highest BCUT2D eigenvalue weighted by Crippen LogP contribution is 2.24. The maximum Gasteiger partial charge on any atom is 0.126 e. The van der Waals surface area contributed by atoms with Gasteiger partial charge in [-0.3, -0.25) is 0 Å². The van der Waals surface area contributed by atoms with Crippen LogP contribution in [-0.2, 0) is 0 Å². The molecule has 1 aliphatic carbocycles. The maximum atomic E-state index is 5.90. The minimum absolute atomic E-state index is 0.123. The fourth-order valence-corrected chi connectivity index (χ4v) is 1.38. The van der Waals surface area contributed by atoms with Crippen molar-refractivity contribution in [3.63, 3.8) is 0 Å². The van der Waals surface area contributed by atoms with Gasteiger partial charge in [0.25, 0.3) is 0 Å². The Hall–Kier alpha value is -1.09. The molecule has 1 aliphatic rings. The normalized spacial score (nSPS) is 17.9. The second-order valence-electron chi connectivity index (χ2n) is 3.91. The van der Waals surface area contributed by atoms with E-state index < -0.39 is 0 Å². The molecule has 0 bridgehead atoms. The molecule has 1 aromatic rings. The van der Waals surface area contributed by atoms with E-state index >= 15 is 0 Å². The third-order valence-electron chi connectivity index (χ3n) is 2.58. The van der Waals surface area contributed by atoms with Gasteiger partial charge < -0.3 is 11.1 Å². The number of hydrogen-bond acceptors (Lipinski definition) is 3. The zero-order chi connectivity index (χ0) is 9.97. The number of nitrogens with two attached hydrogens (primary N) is 1. The molecule has 1 heterocycles. The quantitative estimate of drug-likeness (QED) is 0.766. The molecule has 1 atom stereocenters. The third kappa shape index (κ3) is 2.23. The van der Waals surface area contributed by atoms with Crippen molar-refractivity contribution in [1.82, 2.24) is 4.98 Å². The van der Waals surface area contributed by atoms with Crippen molar-refractivity contribution in [3.05, 3.63) is 23.9 Å². The van der Waals surface area contributed by atoms with Crippen LogP contribution in [0.15, 0.2) is 18.3 Å². The van der Waals surface area contributed by atoms with E-state index in [-0.39, 0.29) is 6.04 Å². The number of aromatic nitrogens is 1. The molecule has 0 amide bonds. The Morgan fingerprint density at radius 1 is 1.57 bits per heavy atom. The van der Waals surface area contributed by atoms with Gasteiger partial charge in [0.15, 0.2) is 0 Å². The van der Waals surface area contributed by atoms with E-state index in [0.29, 0.717) is 6.04 Å². The summed E-state index contributed by atoms with van der Waals surface area (Å²) in [6, 6.07) is 4.86. The zero-order valence-electron chi connectivity index (χ0n) is 8.53. The number of nitrogens with zero attached hydrogens (tertiary/aromatic N) is 1. The van der Waals surface area contributed by atoms with Gasteiger partial charge in [0.1, 0.15) is 5.82 Å². The molecule has 0 aromatic carbocycles. The van der Waals surface area contributed by atoms with Crippen LogP contribution in [-0.4, -0.2) is 11.0 Å². The van der Waals surface area contributed by atoms with Crippen molar-refractivity contribution in [2.45, 2.75) is 38.3 Å². The SMILES string of the molecule is CCC(N)c1ccc(NC2CC2)nc1. The summed E-state index contributed by atoms with van der Waals surface area (Å²) in [5.74, 6) is 0.972. The summed E-state index contributed by atoms with van der Waals surface area (Å²) >= 11 is 0. The van der Waals surface area contributed by atoms with Gasteiger partial charge in [-0.25, -0.2) is 4.98 Å². The molecule has 1 aromatic heterocycles. The van der Waals surface area contributed by atoms with E-state index in [1.54, 1.807) is 0 Å². The maximum absolute atomic E-state index is 5.90. The highest BCUT2D eigenvalue weighted by molar-refractivity contribution is 5.38. The molecule has 76 valence electrons. The van der Waals surface area contributed by atoms with Crippen LogP contribution in [0, 0.1) is 0 Å². The van der Waals surface area contributed by atoms with Gasteiger partial charge in [-0.15, -0.1) is 0 Å². The average Bonchev–Trinajstić information content (AvgIpc) is 3.02. The fraction of sp³-hybridized carbons (Fsp3) is 0.545. The largest absolute Gasteiger partial charge is 0.367 e. The van der Waals surface area contributed by atoms with Crippen LogP contribution in [0.1, 0.15) is 37.8 Å². The van der Waals surface area contributed by atoms with Gasteiger partial charge in [0.05, 0.1) is 0 Å². The van der Waals surface area contributed by atoms with Gasteiger partial charge >= 0.3 is 0 Å². The van der Waals surface area contributed by atoms with Crippen LogP contribution in [0.2, 0.25) is 0 Å². The van der Waals surface area contributed by atoms with Gasteiger partial charge in [-0.05, 0) is 30.9 Å². The minimum Gasteiger partial charge on any atom is -0.367 e. The Balaban J connectivity index is 2.01. The molecule has 3 N–H and O–H groups in total. The fourth-order valence-electron chi connectivity index (χ4n) is 1.38. The minimum atomic E-state index is 0.123. The first-order valence-electron chi connectivity index (χ1n) is 5.27. The lowest BCUT2D eigenvalue weighted by molar-refractivity contribution is 0.695. The average molecular weight is 191 g/mol. The molecule has 3 nitrogen and oxygen atoms in total. The van der Waals surface area contributed by atoms with Gasteiger partial charge in [-0.1, -0.05) is 13.0 Å². The first-order valence-corrected chi connectivity index (χ1v) is 5.27. The first-order chi connectivity index (χ1) is 6.79. The molecule has 0 radical (unpaired) electrons. The number of pyridine rings is 1. The number of anilines is 1. The molecule has 1 fully saturated rings. The molecule has 0 aliphatic heterocycles. The Morgan fingerprint density at radius 3 is 2.86 bits per heavy atom. The number of rotatable bonds is 4. The van der Waals surface area contributed by atoms with Crippen molar-refractivity contribution < 1.29 is 0 Å². The Morgan fingerprint density at radius 2 is 2.36 bits per heavy atom. The Kier molecular flexibility index (Phi) is 2.68. The van der Waals surface area contributed by atoms with Crippen LogP contribution >= 0.6 is 0 Å². The van der Waals surface area contributed by atoms with Crippen molar-refractivity contribution in [1.29, 1.82) is 0 Å². The summed E-state index contributed by atoms with van der Waals surface area (Å²) in [6.07, 6.45) is 5.38. The monoisotopic (exact) mass is 191 g/mol. The molecular formula is C11H17N3. The smallest absolute Gasteiger partial charge is 0.126 e. The summed E-state index contributed by atoms with van der Waals surface area (Å²) in [4.78, 5) is 4.34. The molecule has 0 spiro atoms. The lowest BCUT2D eigenvalue weighted by atomic mass is 10.1. The van der Waals surface area contributed by atoms with Gasteiger partial charge in [0.2, 0.25) is 0 Å². The topological polar surface area (TPSA) is 50.9 Å². The summed E-state index contributed by atoms with van der Waals surface area (Å²) < 4.78 is 0. The van der Waals surface area contributed by atoms with Crippen LogP contribution in [0.5, 0.6) is 0 Å². The standard InChI is InChI=1S/C11H17N3/c1-2-10(12)8-3-6-11(13-7-8)14-9-4-5-9/h3,6-7,9-10H,2,4-5,12H2,1H3,(H,13,14). The van der Waals surface area contributed by atoms with E-state index in [9.17, 15) is 0 Å². The number of hydrogen-bond donors (Lipinski definition) is 2. The van der Waals surface area contributed by atoms with Crippen molar-refractivity contribution in [2.75, 3.05) is 5.32 Å². The predicted molar refractivity (Wildman–Crippen MR) is 58.1 cm³/mol. The van der Waals surface area contributed by atoms with E-state index in [1.165, 1.54) is 12.8 Å². The van der Waals surface area contributed by atoms with E-state index in [0.717, 1.165) is 17.8 Å². The summed E-state index contributed by atoms with van der Waals surface area (Å²) in [6.45, 7) is 2.08. The lowest BCUT2D eigenvalue weighted by Gasteiger charge is -2.09. The molecule has 14 heavy (non-hydrogen) atoms. The van der Waals surface area contributed by atoms with E-state index in [1.807, 2.05) is 12.3 Å². The highest BCUT2D eigenvalue weighted by Gasteiger charge is 2.21. The Labute approximate surface area is 84.7 Å².